The molecule has 0 aliphatic carbocycles. The van der Waals surface area contributed by atoms with Crippen LogP contribution >= 0.6 is 0 Å². The van der Waals surface area contributed by atoms with Gasteiger partial charge < -0.3 is 43.0 Å². The molecule has 0 radical (unpaired) electrons. The quantitative estimate of drug-likeness (QED) is 0.375. The summed E-state index contributed by atoms with van der Waals surface area (Å²) in [4.78, 5) is 4.49. The van der Waals surface area contributed by atoms with Crippen molar-refractivity contribution in [2.45, 2.75) is 101 Å². The Morgan fingerprint density at radius 1 is 0.564 bits per heavy atom. The van der Waals surface area contributed by atoms with Crippen LogP contribution in [0.2, 0.25) is 0 Å². The Morgan fingerprint density at radius 2 is 0.846 bits per heavy atom. The van der Waals surface area contributed by atoms with Crippen LogP contribution in [-0.4, -0.2) is 74.7 Å². The first-order chi connectivity index (χ1) is 19.0. The molecule has 6 saturated heterocycles. The third-order valence-electron chi connectivity index (χ3n) is 8.54. The molecule has 6 fully saturated rings. The maximum atomic E-state index is 6.80. The normalized spacial score (nSPS) is 40.4. The molecule has 12 unspecified atom stereocenters. The van der Waals surface area contributed by atoms with Gasteiger partial charge in [-0.05, 0) is 63.1 Å². The van der Waals surface area contributed by atoms with Crippen molar-refractivity contribution in [3.63, 3.8) is 0 Å². The lowest BCUT2D eigenvalue weighted by molar-refractivity contribution is -0.0419. The second kappa shape index (κ2) is 9.14. The summed E-state index contributed by atoms with van der Waals surface area (Å²) in [7, 11) is 0. The predicted molar refractivity (Wildman–Crippen MR) is 141 cm³/mol. The molecule has 39 heavy (non-hydrogen) atoms. The Kier molecular flexibility index (Phi) is 5.75. The SMILES string of the molecule is CC1OC1N(c1ccc(C(OC(c2ccc(N(C3OC3C)C3OC3C)cc2)C2CO2)C2CO2)cc1)C1OC1C. The minimum atomic E-state index is -0.175. The van der Waals surface area contributed by atoms with E-state index >= 15 is 0 Å². The molecule has 0 spiro atoms. The molecule has 6 heterocycles. The second-order valence-electron chi connectivity index (χ2n) is 11.6. The summed E-state index contributed by atoms with van der Waals surface area (Å²) >= 11 is 0. The highest BCUT2D eigenvalue weighted by Crippen LogP contribution is 2.44. The molecular formula is C30H36N2O7. The fraction of sp³-hybridized carbons (Fsp3) is 0.600. The Hall–Kier alpha value is -2.24. The fourth-order valence-electron chi connectivity index (χ4n) is 5.80. The molecule has 12 atom stereocenters. The summed E-state index contributed by atoms with van der Waals surface area (Å²) in [5, 5.41) is 0. The van der Waals surface area contributed by atoms with Gasteiger partial charge in [0.1, 0.15) is 48.8 Å². The Bertz CT molecular complexity index is 1080. The molecule has 6 aliphatic rings. The van der Waals surface area contributed by atoms with Crippen LogP contribution in [-0.2, 0) is 33.2 Å². The van der Waals surface area contributed by atoms with Gasteiger partial charge in [0.15, 0.2) is 24.9 Å². The van der Waals surface area contributed by atoms with E-state index < -0.39 is 0 Å². The third kappa shape index (κ3) is 4.84. The summed E-state index contributed by atoms with van der Waals surface area (Å²) in [6, 6.07) is 17.2. The van der Waals surface area contributed by atoms with Gasteiger partial charge in [-0.2, -0.15) is 0 Å². The van der Waals surface area contributed by atoms with Gasteiger partial charge in [0, 0.05) is 11.4 Å². The zero-order valence-corrected chi connectivity index (χ0v) is 22.7. The minimum Gasteiger partial charge on any atom is -0.370 e. The van der Waals surface area contributed by atoms with Crippen molar-refractivity contribution in [2.24, 2.45) is 0 Å². The molecule has 9 nitrogen and oxygen atoms in total. The summed E-state index contributed by atoms with van der Waals surface area (Å²) in [6.45, 7) is 9.78. The largest absolute Gasteiger partial charge is 0.370 e. The number of ether oxygens (including phenoxy) is 7. The van der Waals surface area contributed by atoms with E-state index in [4.69, 9.17) is 33.2 Å². The fourth-order valence-corrected chi connectivity index (χ4v) is 5.80. The van der Waals surface area contributed by atoms with Crippen LogP contribution in [0.4, 0.5) is 11.4 Å². The molecule has 208 valence electrons. The zero-order valence-electron chi connectivity index (χ0n) is 22.7. The molecule has 0 amide bonds. The Balaban J connectivity index is 1.01. The lowest BCUT2D eigenvalue weighted by Gasteiger charge is -2.26. The maximum Gasteiger partial charge on any atom is 0.159 e. The van der Waals surface area contributed by atoms with E-state index in [1.165, 1.54) is 0 Å². The van der Waals surface area contributed by atoms with Crippen LogP contribution < -0.4 is 9.80 Å². The van der Waals surface area contributed by atoms with Crippen LogP contribution in [0.5, 0.6) is 0 Å². The summed E-state index contributed by atoms with van der Waals surface area (Å²) in [5.41, 5.74) is 4.40. The van der Waals surface area contributed by atoms with E-state index in [9.17, 15) is 0 Å². The summed E-state index contributed by atoms with van der Waals surface area (Å²) in [5.74, 6) is 0. The number of hydrogen-bond acceptors (Lipinski definition) is 9. The molecule has 2 aromatic rings. The van der Waals surface area contributed by atoms with Gasteiger partial charge in [0.2, 0.25) is 0 Å². The molecule has 9 heteroatoms. The molecular weight excluding hydrogens is 500 g/mol. The van der Waals surface area contributed by atoms with Crippen molar-refractivity contribution in [1.29, 1.82) is 0 Å². The van der Waals surface area contributed by atoms with E-state index in [-0.39, 0.29) is 73.7 Å². The molecule has 0 bridgehead atoms. The van der Waals surface area contributed by atoms with Gasteiger partial charge in [-0.25, -0.2) is 0 Å². The monoisotopic (exact) mass is 536 g/mol. The molecule has 6 aliphatic heterocycles. The topological polar surface area (TPSA) is 90.9 Å². The number of anilines is 2. The van der Waals surface area contributed by atoms with E-state index in [0.717, 1.165) is 22.5 Å². The Morgan fingerprint density at radius 3 is 1.08 bits per heavy atom. The van der Waals surface area contributed by atoms with Crippen molar-refractivity contribution in [3.05, 3.63) is 59.7 Å². The molecule has 8 rings (SSSR count). The lowest BCUT2D eigenvalue weighted by atomic mass is 10.0. The highest BCUT2D eigenvalue weighted by molar-refractivity contribution is 5.53. The van der Waals surface area contributed by atoms with Gasteiger partial charge in [0.25, 0.3) is 0 Å². The average molecular weight is 537 g/mol. The van der Waals surface area contributed by atoms with Crippen molar-refractivity contribution in [3.8, 4) is 0 Å². The first-order valence-electron chi connectivity index (χ1n) is 14.2. The molecule has 0 saturated carbocycles. The van der Waals surface area contributed by atoms with Gasteiger partial charge in [0.05, 0.1) is 13.2 Å². The lowest BCUT2D eigenvalue weighted by Crippen LogP contribution is -2.32. The summed E-state index contributed by atoms with van der Waals surface area (Å²) in [6.07, 6.45) is 0.906. The van der Waals surface area contributed by atoms with Gasteiger partial charge in [-0.15, -0.1) is 0 Å². The third-order valence-corrected chi connectivity index (χ3v) is 8.54. The van der Waals surface area contributed by atoms with Crippen LogP contribution in [0.1, 0.15) is 51.0 Å². The number of epoxide rings is 6. The highest BCUT2D eigenvalue weighted by Gasteiger charge is 2.52. The smallest absolute Gasteiger partial charge is 0.159 e. The van der Waals surface area contributed by atoms with E-state index in [1.807, 2.05) is 0 Å². The van der Waals surface area contributed by atoms with Crippen molar-refractivity contribution < 1.29 is 33.2 Å². The number of rotatable bonds is 12. The molecule has 2 aromatic carbocycles. The Labute approximate surface area is 228 Å². The van der Waals surface area contributed by atoms with Crippen molar-refractivity contribution in [1.82, 2.24) is 0 Å². The molecule has 0 aromatic heterocycles. The first kappa shape index (κ1) is 24.5. The van der Waals surface area contributed by atoms with Crippen molar-refractivity contribution >= 4 is 11.4 Å². The summed E-state index contributed by atoms with van der Waals surface area (Å²) < 4.78 is 41.4. The minimum absolute atomic E-state index is 0.0450. The average Bonchev–Trinajstić information content (AvgIpc) is 3.73. The maximum absolute atomic E-state index is 6.80. The van der Waals surface area contributed by atoms with Crippen molar-refractivity contribution in [2.75, 3.05) is 23.0 Å². The van der Waals surface area contributed by atoms with E-state index in [1.54, 1.807) is 0 Å². The van der Waals surface area contributed by atoms with E-state index in [0.29, 0.717) is 13.2 Å². The van der Waals surface area contributed by atoms with E-state index in [2.05, 4.69) is 86.0 Å². The van der Waals surface area contributed by atoms with Crippen LogP contribution in [0.3, 0.4) is 0 Å². The number of benzene rings is 2. The predicted octanol–water partition coefficient (Wildman–Crippen LogP) is 3.88. The molecule has 0 N–H and O–H groups in total. The first-order valence-corrected chi connectivity index (χ1v) is 14.2. The standard InChI is InChI=1S/C30H36N2O7/c1-15-27(35-15)31(28-16(2)36-28)21-9-5-19(6-10-21)25(23-13-33-23)39-26(24-14-34-24)20-7-11-22(12-8-20)32(29-17(3)37-29)30-18(4)38-30/h5-12,15-18,23-30H,13-14H2,1-4H3. The van der Waals surface area contributed by atoms with Crippen LogP contribution in [0.25, 0.3) is 0 Å². The number of hydrogen-bond donors (Lipinski definition) is 0. The highest BCUT2D eigenvalue weighted by atomic mass is 16.7. The second-order valence-corrected chi connectivity index (χ2v) is 11.6. The van der Waals surface area contributed by atoms with Crippen LogP contribution in [0.15, 0.2) is 48.5 Å². The zero-order chi connectivity index (χ0) is 26.4. The van der Waals surface area contributed by atoms with Gasteiger partial charge in [-0.1, -0.05) is 24.3 Å². The van der Waals surface area contributed by atoms with Crippen LogP contribution in [0, 0.1) is 0 Å². The number of nitrogens with zero attached hydrogens (tertiary/aromatic N) is 2. The van der Waals surface area contributed by atoms with Gasteiger partial charge in [-0.3, -0.25) is 0 Å². The van der Waals surface area contributed by atoms with Gasteiger partial charge >= 0.3 is 0 Å².